The summed E-state index contributed by atoms with van der Waals surface area (Å²) in [6.07, 6.45) is -1.80. The number of carbonyl (C=O) groups is 3. The number of hydrogen-bond donors (Lipinski definition) is 4. The monoisotopic (exact) mass is 310 g/mol. The van der Waals surface area contributed by atoms with Crippen molar-refractivity contribution in [1.82, 2.24) is 5.48 Å². The smallest absolute Gasteiger partial charge is 0.350 e. The molecule has 0 spiro atoms. The minimum atomic E-state index is -1.80. The van der Waals surface area contributed by atoms with E-state index in [0.29, 0.717) is 0 Å². The minimum absolute atomic E-state index is 0.196. The van der Waals surface area contributed by atoms with Gasteiger partial charge in [-0.15, -0.1) is 5.48 Å². The van der Waals surface area contributed by atoms with Crippen molar-refractivity contribution in [2.24, 2.45) is 5.73 Å². The first-order chi connectivity index (χ1) is 9.95. The average Bonchev–Trinajstić information content (AvgIpc) is 2.43. The fourth-order valence-electron chi connectivity index (χ4n) is 0.843. The molecule has 0 aromatic carbocycles. The highest BCUT2D eigenvalue weighted by Gasteiger charge is 2.11. The Balaban J connectivity index is 3.58. The number of esters is 2. The van der Waals surface area contributed by atoms with Gasteiger partial charge in [0.2, 0.25) is 0 Å². The lowest BCUT2D eigenvalue weighted by molar-refractivity contribution is -0.168. The zero-order valence-corrected chi connectivity index (χ0v) is 11.1. The average molecular weight is 310 g/mol. The molecule has 11 heteroatoms. The Morgan fingerprint density at radius 3 is 2.38 bits per heavy atom. The Morgan fingerprint density at radius 2 is 1.76 bits per heavy atom. The van der Waals surface area contributed by atoms with E-state index in [-0.39, 0.29) is 19.8 Å². The maximum absolute atomic E-state index is 11.1. The van der Waals surface area contributed by atoms with Crippen LogP contribution in [0.1, 0.15) is 0 Å². The van der Waals surface area contributed by atoms with Crippen LogP contribution in [0.2, 0.25) is 0 Å². The number of rotatable bonds is 11. The summed E-state index contributed by atoms with van der Waals surface area (Å²) in [5, 5.41) is 16.8. The van der Waals surface area contributed by atoms with Gasteiger partial charge in [0.1, 0.15) is 19.8 Å². The van der Waals surface area contributed by atoms with Crippen LogP contribution in [0.5, 0.6) is 0 Å². The highest BCUT2D eigenvalue weighted by Crippen LogP contribution is 1.86. The predicted molar refractivity (Wildman–Crippen MR) is 64.1 cm³/mol. The Hall–Kier alpha value is -1.79. The summed E-state index contributed by atoms with van der Waals surface area (Å²) >= 11 is 0. The van der Waals surface area contributed by atoms with Crippen molar-refractivity contribution in [3.05, 3.63) is 0 Å². The first-order valence-electron chi connectivity index (χ1n) is 5.83. The lowest BCUT2D eigenvalue weighted by Crippen LogP contribution is -2.31. The second-order valence-corrected chi connectivity index (χ2v) is 3.46. The number of carbonyl (C=O) groups excluding carboxylic acids is 3. The van der Waals surface area contributed by atoms with Crippen LogP contribution in [0, 0.1) is 0 Å². The van der Waals surface area contributed by atoms with Crippen molar-refractivity contribution in [3.63, 3.8) is 0 Å². The maximum atomic E-state index is 11.1. The van der Waals surface area contributed by atoms with Gasteiger partial charge < -0.3 is 35.0 Å². The normalized spacial score (nSPS) is 10.3. The number of hydroxylamine groups is 1. The van der Waals surface area contributed by atoms with Crippen molar-refractivity contribution in [2.75, 3.05) is 39.5 Å². The number of nitrogens with one attached hydrogen (secondary N) is 1. The third-order valence-electron chi connectivity index (χ3n) is 1.63. The van der Waals surface area contributed by atoms with Gasteiger partial charge in [0.15, 0.2) is 12.9 Å². The van der Waals surface area contributed by atoms with Gasteiger partial charge in [-0.25, -0.2) is 9.59 Å². The molecule has 0 fully saturated rings. The van der Waals surface area contributed by atoms with Crippen LogP contribution in [0.25, 0.3) is 0 Å². The molecule has 0 radical (unpaired) electrons. The van der Waals surface area contributed by atoms with E-state index in [1.807, 2.05) is 5.48 Å². The second-order valence-electron chi connectivity index (χ2n) is 3.46. The van der Waals surface area contributed by atoms with Crippen LogP contribution in [-0.2, 0) is 33.4 Å². The topological polar surface area (TPSA) is 167 Å². The molecule has 0 aliphatic carbocycles. The van der Waals surface area contributed by atoms with Crippen LogP contribution < -0.4 is 11.2 Å². The maximum Gasteiger partial charge on any atom is 0.350 e. The summed E-state index contributed by atoms with van der Waals surface area (Å²) in [6, 6.07) is 0. The van der Waals surface area contributed by atoms with E-state index in [2.05, 4.69) is 14.3 Å². The van der Waals surface area contributed by atoms with Crippen molar-refractivity contribution in [1.29, 1.82) is 0 Å². The fourth-order valence-corrected chi connectivity index (χ4v) is 0.843. The molecule has 5 N–H and O–H groups in total. The van der Waals surface area contributed by atoms with Crippen molar-refractivity contribution < 1.29 is 43.6 Å². The molecule has 0 amide bonds. The van der Waals surface area contributed by atoms with E-state index in [0.717, 1.165) is 0 Å². The standard InChI is InChI=1S/C10H18N2O9/c11-1-2-18-5-10(17)21-12-3-8(15)20-6-9(16)19-4-7(13)14/h7,12-14H,1-6,11H2. The molecular formula is C10H18N2O9. The van der Waals surface area contributed by atoms with Gasteiger partial charge in [-0.2, -0.15) is 0 Å². The number of nitrogens with two attached hydrogens (primary N) is 1. The van der Waals surface area contributed by atoms with Crippen LogP contribution in [0.3, 0.4) is 0 Å². The molecule has 0 aliphatic heterocycles. The van der Waals surface area contributed by atoms with E-state index < -0.39 is 44.0 Å². The highest BCUT2D eigenvalue weighted by atomic mass is 16.7. The minimum Gasteiger partial charge on any atom is -0.458 e. The van der Waals surface area contributed by atoms with Gasteiger partial charge in [-0.3, -0.25) is 4.79 Å². The molecule has 0 unspecified atom stereocenters. The lowest BCUT2D eigenvalue weighted by atomic mass is 10.6. The number of hydrogen-bond acceptors (Lipinski definition) is 11. The zero-order chi connectivity index (χ0) is 16.1. The molecule has 122 valence electrons. The Kier molecular flexibility index (Phi) is 11.0. The van der Waals surface area contributed by atoms with E-state index in [9.17, 15) is 14.4 Å². The van der Waals surface area contributed by atoms with Crippen molar-refractivity contribution in [2.45, 2.75) is 6.29 Å². The van der Waals surface area contributed by atoms with Crippen molar-refractivity contribution in [3.8, 4) is 0 Å². The quantitative estimate of drug-likeness (QED) is 0.0978. The van der Waals surface area contributed by atoms with Crippen molar-refractivity contribution >= 4 is 17.9 Å². The fraction of sp³-hybridized carbons (Fsp3) is 0.700. The van der Waals surface area contributed by atoms with E-state index in [1.54, 1.807) is 0 Å². The molecule has 21 heavy (non-hydrogen) atoms. The van der Waals surface area contributed by atoms with Gasteiger partial charge in [0.25, 0.3) is 0 Å². The number of aliphatic hydroxyl groups excluding tert-OH is 1. The first-order valence-corrected chi connectivity index (χ1v) is 5.83. The highest BCUT2D eigenvalue weighted by molar-refractivity contribution is 5.77. The van der Waals surface area contributed by atoms with Crippen LogP contribution in [0.4, 0.5) is 0 Å². The summed E-state index contributed by atoms with van der Waals surface area (Å²) in [5.74, 6) is -2.59. The van der Waals surface area contributed by atoms with E-state index in [4.69, 9.17) is 20.7 Å². The predicted octanol–water partition coefficient (Wildman–Crippen LogP) is -3.59. The summed E-state index contributed by atoms with van der Waals surface area (Å²) in [6.45, 7) is -1.69. The molecule has 0 bridgehead atoms. The third-order valence-corrected chi connectivity index (χ3v) is 1.63. The summed E-state index contributed by atoms with van der Waals surface area (Å²) < 4.78 is 13.5. The molecule has 0 heterocycles. The van der Waals surface area contributed by atoms with Gasteiger partial charge in [-0.1, -0.05) is 0 Å². The SMILES string of the molecule is NCCOCC(=O)ONCC(=O)OCC(=O)OCC(O)O. The van der Waals surface area contributed by atoms with E-state index >= 15 is 0 Å². The molecule has 0 aliphatic rings. The van der Waals surface area contributed by atoms with Gasteiger partial charge in [-0.05, 0) is 0 Å². The molecule has 0 saturated heterocycles. The molecule has 0 rings (SSSR count). The third kappa shape index (κ3) is 13.0. The lowest BCUT2D eigenvalue weighted by Gasteiger charge is -2.08. The van der Waals surface area contributed by atoms with Crippen LogP contribution >= 0.6 is 0 Å². The number of ether oxygens (including phenoxy) is 3. The largest absolute Gasteiger partial charge is 0.458 e. The Bertz CT molecular complexity index is 334. The van der Waals surface area contributed by atoms with Gasteiger partial charge in [0, 0.05) is 6.54 Å². The van der Waals surface area contributed by atoms with Crippen LogP contribution in [-0.4, -0.2) is 73.9 Å². The summed E-state index contributed by atoms with van der Waals surface area (Å²) in [5.41, 5.74) is 7.15. The summed E-state index contributed by atoms with van der Waals surface area (Å²) in [4.78, 5) is 37.4. The Morgan fingerprint density at radius 1 is 1.05 bits per heavy atom. The van der Waals surface area contributed by atoms with Gasteiger partial charge in [0.05, 0.1) is 6.61 Å². The van der Waals surface area contributed by atoms with E-state index in [1.165, 1.54) is 0 Å². The molecular weight excluding hydrogens is 292 g/mol. The Labute approximate surface area is 119 Å². The molecule has 0 saturated carbocycles. The van der Waals surface area contributed by atoms with Crippen LogP contribution in [0.15, 0.2) is 0 Å². The molecule has 0 aromatic rings. The number of aliphatic hydroxyl groups is 2. The molecule has 11 nitrogen and oxygen atoms in total. The summed E-state index contributed by atoms with van der Waals surface area (Å²) in [7, 11) is 0. The van der Waals surface area contributed by atoms with Gasteiger partial charge >= 0.3 is 17.9 Å². The zero-order valence-electron chi connectivity index (χ0n) is 11.1. The second kappa shape index (κ2) is 12.0. The molecule has 0 aromatic heterocycles. The molecule has 0 atom stereocenters. The first kappa shape index (κ1) is 19.2.